The third kappa shape index (κ3) is 5.08. The Morgan fingerprint density at radius 3 is 2.75 bits per heavy atom. The first kappa shape index (κ1) is 23.0. The van der Waals surface area contributed by atoms with Crippen LogP contribution in [0.1, 0.15) is 44.1 Å². The number of hydrogen-bond donors (Lipinski definition) is 0. The lowest BCUT2D eigenvalue weighted by molar-refractivity contribution is -0.137. The second-order valence-electron chi connectivity index (χ2n) is 8.35. The van der Waals surface area contributed by atoms with Gasteiger partial charge in [-0.05, 0) is 50.1 Å². The van der Waals surface area contributed by atoms with Gasteiger partial charge in [-0.3, -0.25) is 4.79 Å². The van der Waals surface area contributed by atoms with Crippen molar-refractivity contribution in [3.05, 3.63) is 34.7 Å². The van der Waals surface area contributed by atoms with E-state index in [0.717, 1.165) is 45.8 Å². The molecule has 3 aromatic rings. The maximum absolute atomic E-state index is 11.8. The molecule has 0 N–H and O–H groups in total. The van der Waals surface area contributed by atoms with Crippen molar-refractivity contribution in [2.45, 2.75) is 57.3 Å². The first-order chi connectivity index (χ1) is 15.4. The Morgan fingerprint density at radius 1 is 1.25 bits per heavy atom. The SMILES string of the molecule is CCCCOc1ccc(-c2nc(SCC(=O)OC)c3c4c(sc3n2)COC(C)(C)C4)cc1. The van der Waals surface area contributed by atoms with E-state index in [1.54, 1.807) is 11.3 Å². The number of methoxy groups -OCH3 is 1. The normalized spacial score (nSPS) is 14.9. The van der Waals surface area contributed by atoms with Crippen molar-refractivity contribution in [3.8, 4) is 17.1 Å². The van der Waals surface area contributed by atoms with E-state index in [1.807, 2.05) is 24.3 Å². The number of nitrogens with zero attached hydrogens (tertiary/aromatic N) is 2. The molecule has 3 heterocycles. The number of thioether (sulfide) groups is 1. The van der Waals surface area contributed by atoms with Gasteiger partial charge >= 0.3 is 5.97 Å². The van der Waals surface area contributed by atoms with Crippen LogP contribution in [0.3, 0.4) is 0 Å². The molecule has 0 amide bonds. The lowest BCUT2D eigenvalue weighted by atomic mass is 9.94. The molecule has 0 atom stereocenters. The fraction of sp³-hybridized carbons (Fsp3) is 0.458. The number of aromatic nitrogens is 2. The maximum atomic E-state index is 11.8. The Hall–Kier alpha value is -2.16. The first-order valence-corrected chi connectivity index (χ1v) is 12.6. The van der Waals surface area contributed by atoms with Gasteiger partial charge in [-0.2, -0.15) is 0 Å². The predicted octanol–water partition coefficient (Wildman–Crippen LogP) is 5.65. The van der Waals surface area contributed by atoms with Gasteiger partial charge < -0.3 is 14.2 Å². The molecule has 1 aliphatic heterocycles. The van der Waals surface area contributed by atoms with Gasteiger partial charge in [0.25, 0.3) is 0 Å². The average Bonchev–Trinajstić information content (AvgIpc) is 3.14. The number of hydrogen-bond acceptors (Lipinski definition) is 8. The maximum Gasteiger partial charge on any atom is 0.316 e. The van der Waals surface area contributed by atoms with Crippen molar-refractivity contribution in [3.63, 3.8) is 0 Å². The van der Waals surface area contributed by atoms with E-state index < -0.39 is 0 Å². The highest BCUT2D eigenvalue weighted by molar-refractivity contribution is 8.00. The number of benzene rings is 1. The molecule has 2 aromatic heterocycles. The average molecular weight is 473 g/mol. The lowest BCUT2D eigenvalue weighted by Crippen LogP contribution is -2.31. The molecule has 1 aliphatic rings. The molecule has 170 valence electrons. The first-order valence-electron chi connectivity index (χ1n) is 10.8. The van der Waals surface area contributed by atoms with Gasteiger partial charge in [-0.25, -0.2) is 9.97 Å². The Kier molecular flexibility index (Phi) is 7.02. The summed E-state index contributed by atoms with van der Waals surface area (Å²) in [5, 5.41) is 1.85. The van der Waals surface area contributed by atoms with Crippen LogP contribution in [0, 0.1) is 0 Å². The summed E-state index contributed by atoms with van der Waals surface area (Å²) in [6, 6.07) is 7.87. The number of rotatable bonds is 8. The predicted molar refractivity (Wildman–Crippen MR) is 129 cm³/mol. The molecular weight excluding hydrogens is 444 g/mol. The summed E-state index contributed by atoms with van der Waals surface area (Å²) in [5.74, 6) is 1.42. The van der Waals surface area contributed by atoms with E-state index in [-0.39, 0.29) is 17.3 Å². The zero-order chi connectivity index (χ0) is 22.7. The molecule has 1 aromatic carbocycles. The van der Waals surface area contributed by atoms with Crippen molar-refractivity contribution in [2.24, 2.45) is 0 Å². The van der Waals surface area contributed by atoms with Crippen LogP contribution in [-0.2, 0) is 27.3 Å². The van der Waals surface area contributed by atoms with Crippen LogP contribution in [0.2, 0.25) is 0 Å². The fourth-order valence-electron chi connectivity index (χ4n) is 3.57. The van der Waals surface area contributed by atoms with Gasteiger partial charge in [0.05, 0.1) is 31.7 Å². The molecule has 32 heavy (non-hydrogen) atoms. The minimum Gasteiger partial charge on any atom is -0.494 e. The number of esters is 1. The molecule has 0 saturated carbocycles. The molecule has 0 unspecified atom stereocenters. The van der Waals surface area contributed by atoms with Gasteiger partial charge in [0.1, 0.15) is 15.6 Å². The minimum absolute atomic E-state index is 0.205. The van der Waals surface area contributed by atoms with Crippen LogP contribution in [0.15, 0.2) is 29.3 Å². The smallest absolute Gasteiger partial charge is 0.316 e. The van der Waals surface area contributed by atoms with Crippen LogP contribution in [0.5, 0.6) is 5.75 Å². The molecule has 0 bridgehead atoms. The summed E-state index contributed by atoms with van der Waals surface area (Å²) >= 11 is 3.05. The summed E-state index contributed by atoms with van der Waals surface area (Å²) < 4.78 is 16.6. The van der Waals surface area contributed by atoms with Crippen LogP contribution in [-0.4, -0.2) is 41.0 Å². The number of carbonyl (C=O) groups excluding carboxylic acids is 1. The Morgan fingerprint density at radius 2 is 2.03 bits per heavy atom. The quantitative estimate of drug-likeness (QED) is 0.181. The van der Waals surface area contributed by atoms with Gasteiger partial charge in [-0.15, -0.1) is 11.3 Å². The van der Waals surface area contributed by atoms with E-state index in [2.05, 4.69) is 20.8 Å². The molecule has 8 heteroatoms. The molecule has 0 aliphatic carbocycles. The van der Waals surface area contributed by atoms with E-state index >= 15 is 0 Å². The second kappa shape index (κ2) is 9.77. The van der Waals surface area contributed by atoms with Crippen molar-refractivity contribution in [1.82, 2.24) is 9.97 Å². The molecular formula is C24H28N2O4S2. The van der Waals surface area contributed by atoms with Crippen molar-refractivity contribution in [1.29, 1.82) is 0 Å². The molecule has 0 fully saturated rings. The summed E-state index contributed by atoms with van der Waals surface area (Å²) in [5.41, 5.74) is 1.91. The summed E-state index contributed by atoms with van der Waals surface area (Å²) in [7, 11) is 1.40. The van der Waals surface area contributed by atoms with Gasteiger partial charge in [0, 0.05) is 22.2 Å². The number of thiophene rings is 1. The van der Waals surface area contributed by atoms with E-state index in [0.29, 0.717) is 19.0 Å². The standard InChI is InChI=1S/C24H28N2O4S2/c1-5-6-11-29-16-9-7-15(8-10-16)21-25-22(31-14-19(27)28-4)20-17-12-24(2,3)30-13-18(17)32-23(20)26-21/h7-10H,5-6,11-14H2,1-4H3. The Bertz CT molecular complexity index is 1110. The summed E-state index contributed by atoms with van der Waals surface area (Å²) in [4.78, 5) is 23.7. The van der Waals surface area contributed by atoms with Gasteiger partial charge in [-0.1, -0.05) is 25.1 Å². The monoisotopic (exact) mass is 472 g/mol. The highest BCUT2D eigenvalue weighted by Crippen LogP contribution is 2.42. The van der Waals surface area contributed by atoms with Crippen LogP contribution in [0.25, 0.3) is 21.6 Å². The second-order valence-corrected chi connectivity index (χ2v) is 10.4. The summed E-state index contributed by atoms with van der Waals surface area (Å²) in [6.07, 6.45) is 2.93. The summed E-state index contributed by atoms with van der Waals surface area (Å²) in [6.45, 7) is 7.63. The molecule has 0 saturated heterocycles. The topological polar surface area (TPSA) is 70.5 Å². The van der Waals surface area contributed by atoms with Crippen LogP contribution in [0.4, 0.5) is 0 Å². The lowest BCUT2D eigenvalue weighted by Gasteiger charge is -2.30. The van der Waals surface area contributed by atoms with E-state index in [1.165, 1.54) is 29.3 Å². The Balaban J connectivity index is 1.72. The molecule has 4 rings (SSSR count). The zero-order valence-electron chi connectivity index (χ0n) is 18.9. The van der Waals surface area contributed by atoms with E-state index in [4.69, 9.17) is 24.2 Å². The third-order valence-electron chi connectivity index (χ3n) is 5.33. The zero-order valence-corrected chi connectivity index (χ0v) is 20.5. The van der Waals surface area contributed by atoms with Crippen molar-refractivity contribution < 1.29 is 19.0 Å². The van der Waals surface area contributed by atoms with Crippen molar-refractivity contribution in [2.75, 3.05) is 19.5 Å². The van der Waals surface area contributed by atoms with Gasteiger partial charge in [0.15, 0.2) is 5.82 Å². The molecule has 6 nitrogen and oxygen atoms in total. The van der Waals surface area contributed by atoms with Crippen LogP contribution >= 0.6 is 23.1 Å². The minimum atomic E-state index is -0.273. The number of carbonyl (C=O) groups is 1. The molecule has 0 radical (unpaired) electrons. The van der Waals surface area contributed by atoms with E-state index in [9.17, 15) is 4.79 Å². The van der Waals surface area contributed by atoms with Crippen LogP contribution < -0.4 is 4.74 Å². The molecule has 0 spiro atoms. The highest BCUT2D eigenvalue weighted by Gasteiger charge is 2.31. The third-order valence-corrected chi connectivity index (χ3v) is 7.38. The largest absolute Gasteiger partial charge is 0.494 e. The Labute approximate surface area is 196 Å². The number of unbranched alkanes of at least 4 members (excludes halogenated alkanes) is 1. The van der Waals surface area contributed by atoms with Gasteiger partial charge in [0.2, 0.25) is 0 Å². The number of ether oxygens (including phenoxy) is 3. The fourth-order valence-corrected chi connectivity index (χ4v) is 5.62. The number of fused-ring (bicyclic) bond motifs is 3. The van der Waals surface area contributed by atoms with Crippen molar-refractivity contribution >= 4 is 39.3 Å². The highest BCUT2D eigenvalue weighted by atomic mass is 32.2.